The largest absolute Gasteiger partial charge is 0.298 e. The summed E-state index contributed by atoms with van der Waals surface area (Å²) in [4.78, 5) is 24.1. The van der Waals surface area contributed by atoms with Gasteiger partial charge in [-0.2, -0.15) is 0 Å². The summed E-state index contributed by atoms with van der Waals surface area (Å²) in [6.07, 6.45) is 4.89. The first kappa shape index (κ1) is 12.7. The molecule has 2 nitrogen and oxygen atoms in total. The molecule has 0 N–H and O–H groups in total. The van der Waals surface area contributed by atoms with E-state index in [2.05, 4.69) is 0 Å². The van der Waals surface area contributed by atoms with Crippen LogP contribution in [0.25, 0.3) is 12.2 Å². The van der Waals surface area contributed by atoms with Crippen molar-refractivity contribution in [3.63, 3.8) is 0 Å². The molecule has 0 aromatic carbocycles. The Morgan fingerprint density at radius 3 is 1.56 bits per heavy atom. The third kappa shape index (κ3) is 3.12. The highest BCUT2D eigenvalue weighted by Gasteiger charge is 2.05. The average molecular weight is 274 g/mol. The van der Waals surface area contributed by atoms with E-state index < -0.39 is 0 Å². The Labute approximate surface area is 113 Å². The molecular formula is C14H10O2S2. The smallest absolute Gasteiger partial charge is 0.150 e. The third-order valence-corrected chi connectivity index (χ3v) is 3.91. The van der Waals surface area contributed by atoms with E-state index in [0.29, 0.717) is 23.7 Å². The maximum absolute atomic E-state index is 11.1. The van der Waals surface area contributed by atoms with Gasteiger partial charge >= 0.3 is 0 Å². The molecule has 0 aliphatic rings. The zero-order valence-electron chi connectivity index (χ0n) is 9.41. The molecular weight excluding hydrogens is 264 g/mol. The molecule has 0 unspecified atom stereocenters. The van der Waals surface area contributed by atoms with E-state index in [1.54, 1.807) is 12.2 Å². The molecule has 2 aromatic rings. The van der Waals surface area contributed by atoms with Gasteiger partial charge in [0.05, 0.1) is 0 Å². The van der Waals surface area contributed by atoms with Gasteiger partial charge in [-0.05, 0) is 35.0 Å². The van der Waals surface area contributed by atoms with Crippen molar-refractivity contribution in [1.29, 1.82) is 0 Å². The summed E-state index contributed by atoms with van der Waals surface area (Å²) in [6, 6.07) is 7.62. The number of hydrogen-bond acceptors (Lipinski definition) is 4. The van der Waals surface area contributed by atoms with Crippen LogP contribution in [0, 0.1) is 0 Å². The van der Waals surface area contributed by atoms with Gasteiger partial charge in [0.25, 0.3) is 0 Å². The summed E-state index contributed by atoms with van der Waals surface area (Å²) < 4.78 is 0. The van der Waals surface area contributed by atoms with Crippen LogP contribution in [-0.2, 0) is 9.59 Å². The predicted octanol–water partition coefficient (Wildman–Crippen LogP) is 3.67. The van der Waals surface area contributed by atoms with E-state index in [4.69, 9.17) is 0 Å². The van der Waals surface area contributed by atoms with Crippen LogP contribution in [0.3, 0.4) is 0 Å². The molecule has 2 aromatic heterocycles. The van der Waals surface area contributed by atoms with Gasteiger partial charge in [-0.3, -0.25) is 9.59 Å². The second-order valence-electron chi connectivity index (χ2n) is 3.47. The van der Waals surface area contributed by atoms with Crippen LogP contribution in [0.4, 0.5) is 0 Å². The quantitative estimate of drug-likeness (QED) is 0.473. The van der Waals surface area contributed by atoms with Crippen molar-refractivity contribution in [3.05, 3.63) is 55.9 Å². The summed E-state index contributed by atoms with van der Waals surface area (Å²) >= 11 is 3.05. The summed E-state index contributed by atoms with van der Waals surface area (Å²) in [7, 11) is 0. The van der Waals surface area contributed by atoms with Crippen molar-refractivity contribution in [1.82, 2.24) is 0 Å². The lowest BCUT2D eigenvalue weighted by Crippen LogP contribution is -1.92. The SMILES string of the molecule is O=CC(=C\c1cccs1)/C(C=O)=C\c1cccs1. The van der Waals surface area contributed by atoms with Crippen molar-refractivity contribution < 1.29 is 9.59 Å². The van der Waals surface area contributed by atoms with Gasteiger partial charge < -0.3 is 0 Å². The Morgan fingerprint density at radius 2 is 1.28 bits per heavy atom. The van der Waals surface area contributed by atoms with Crippen molar-refractivity contribution in [2.45, 2.75) is 0 Å². The van der Waals surface area contributed by atoms with Gasteiger partial charge in [0.15, 0.2) is 12.6 Å². The number of thiophene rings is 2. The van der Waals surface area contributed by atoms with Gasteiger partial charge in [0.2, 0.25) is 0 Å². The van der Waals surface area contributed by atoms with Crippen LogP contribution in [0.2, 0.25) is 0 Å². The minimum absolute atomic E-state index is 0.404. The Hall–Kier alpha value is -1.78. The maximum atomic E-state index is 11.1. The van der Waals surface area contributed by atoms with Crippen molar-refractivity contribution in [3.8, 4) is 0 Å². The molecule has 0 amide bonds. The normalized spacial score (nSPS) is 12.4. The van der Waals surface area contributed by atoms with Crippen molar-refractivity contribution in [2.24, 2.45) is 0 Å². The second kappa shape index (κ2) is 6.23. The Bertz CT molecular complexity index is 521. The molecule has 0 atom stereocenters. The minimum Gasteiger partial charge on any atom is -0.298 e. The monoisotopic (exact) mass is 274 g/mol. The molecule has 90 valence electrons. The van der Waals surface area contributed by atoms with Crippen LogP contribution in [-0.4, -0.2) is 12.6 Å². The van der Waals surface area contributed by atoms with Crippen LogP contribution >= 0.6 is 22.7 Å². The number of carbonyl (C=O) groups is 2. The molecule has 18 heavy (non-hydrogen) atoms. The summed E-state index contributed by atoms with van der Waals surface area (Å²) in [5.74, 6) is 0. The minimum atomic E-state index is 0.404. The number of carbonyl (C=O) groups excluding carboxylic acids is 2. The van der Waals surface area contributed by atoms with E-state index in [1.165, 1.54) is 22.7 Å². The zero-order chi connectivity index (χ0) is 12.8. The van der Waals surface area contributed by atoms with E-state index in [-0.39, 0.29) is 0 Å². The van der Waals surface area contributed by atoms with Crippen LogP contribution in [0.5, 0.6) is 0 Å². The Balaban J connectivity index is 2.36. The Kier molecular flexibility index (Phi) is 4.39. The average Bonchev–Trinajstić information content (AvgIpc) is 3.06. The van der Waals surface area contributed by atoms with Gasteiger partial charge in [0, 0.05) is 20.9 Å². The van der Waals surface area contributed by atoms with Crippen LogP contribution in [0.1, 0.15) is 9.75 Å². The number of hydrogen-bond donors (Lipinski definition) is 0. The molecule has 0 spiro atoms. The molecule has 2 heterocycles. The third-order valence-electron chi connectivity index (χ3n) is 2.27. The Morgan fingerprint density at radius 1 is 0.833 bits per heavy atom. The molecule has 4 heteroatoms. The van der Waals surface area contributed by atoms with Crippen molar-refractivity contribution in [2.75, 3.05) is 0 Å². The highest BCUT2D eigenvalue weighted by atomic mass is 32.1. The van der Waals surface area contributed by atoms with Gasteiger partial charge in [-0.25, -0.2) is 0 Å². The fraction of sp³-hybridized carbons (Fsp3) is 0. The van der Waals surface area contributed by atoms with Crippen LogP contribution < -0.4 is 0 Å². The summed E-state index contributed by atoms with van der Waals surface area (Å²) in [5.41, 5.74) is 0.807. The first-order valence-corrected chi connectivity index (χ1v) is 7.00. The first-order chi connectivity index (χ1) is 8.83. The summed E-state index contributed by atoms with van der Waals surface area (Å²) in [6.45, 7) is 0. The number of aldehydes is 2. The van der Waals surface area contributed by atoms with E-state index >= 15 is 0 Å². The predicted molar refractivity (Wildman–Crippen MR) is 76.7 cm³/mol. The molecule has 0 fully saturated rings. The molecule has 0 bridgehead atoms. The zero-order valence-corrected chi connectivity index (χ0v) is 11.0. The lowest BCUT2D eigenvalue weighted by Gasteiger charge is -1.97. The van der Waals surface area contributed by atoms with Gasteiger partial charge in [-0.1, -0.05) is 12.1 Å². The number of rotatable bonds is 5. The number of allylic oxidation sites excluding steroid dienone is 2. The molecule has 2 rings (SSSR count). The summed E-state index contributed by atoms with van der Waals surface area (Å²) in [5, 5.41) is 3.86. The van der Waals surface area contributed by atoms with E-state index in [1.807, 2.05) is 35.0 Å². The van der Waals surface area contributed by atoms with Gasteiger partial charge in [0.1, 0.15) is 0 Å². The highest BCUT2D eigenvalue weighted by molar-refractivity contribution is 7.11. The molecule has 0 aliphatic carbocycles. The fourth-order valence-electron chi connectivity index (χ4n) is 1.42. The highest BCUT2D eigenvalue weighted by Crippen LogP contribution is 2.19. The molecule has 0 radical (unpaired) electrons. The van der Waals surface area contributed by atoms with E-state index in [0.717, 1.165) is 9.75 Å². The van der Waals surface area contributed by atoms with Crippen LogP contribution in [0.15, 0.2) is 46.2 Å². The molecule has 0 aliphatic heterocycles. The van der Waals surface area contributed by atoms with E-state index in [9.17, 15) is 9.59 Å². The molecule has 0 saturated carbocycles. The lowest BCUT2D eigenvalue weighted by molar-refractivity contribution is -0.107. The first-order valence-electron chi connectivity index (χ1n) is 5.24. The maximum Gasteiger partial charge on any atom is 0.150 e. The standard InChI is InChI=1S/C14H10O2S2/c15-9-11(7-13-3-1-5-17-13)12(10-16)8-14-4-2-6-18-14/h1-10H/b11-7-,12-8+. The van der Waals surface area contributed by atoms with Gasteiger partial charge in [-0.15, -0.1) is 22.7 Å². The molecule has 0 saturated heterocycles. The fourth-order valence-corrected chi connectivity index (χ4v) is 2.76. The second-order valence-corrected chi connectivity index (χ2v) is 5.42. The van der Waals surface area contributed by atoms with Crippen molar-refractivity contribution >= 4 is 47.4 Å². The lowest BCUT2D eigenvalue weighted by atomic mass is 10.1. The topological polar surface area (TPSA) is 34.1 Å².